The van der Waals surface area contributed by atoms with E-state index in [1.165, 1.54) is 37.7 Å². The van der Waals surface area contributed by atoms with Gasteiger partial charge in [-0.15, -0.1) is 0 Å². The van der Waals surface area contributed by atoms with Gasteiger partial charge in [-0.2, -0.15) is 0 Å². The maximum absolute atomic E-state index is 11.0. The summed E-state index contributed by atoms with van der Waals surface area (Å²) in [6, 6.07) is 0. The Balaban J connectivity index is 1.39. The van der Waals surface area contributed by atoms with E-state index in [9.17, 15) is 15.3 Å². The van der Waals surface area contributed by atoms with E-state index in [0.29, 0.717) is 47.8 Å². The van der Waals surface area contributed by atoms with Crippen molar-refractivity contribution >= 4 is 0 Å². The van der Waals surface area contributed by atoms with E-state index in [1.54, 1.807) is 5.57 Å². The summed E-state index contributed by atoms with van der Waals surface area (Å²) in [6.07, 6.45) is 16.3. The second kappa shape index (κ2) is 7.32. The highest BCUT2D eigenvalue weighted by atomic mass is 16.3. The van der Waals surface area contributed by atoms with Crippen LogP contribution in [-0.2, 0) is 0 Å². The largest absolute Gasteiger partial charge is 0.393 e. The Morgan fingerprint density at radius 2 is 1.77 bits per heavy atom. The lowest BCUT2D eigenvalue weighted by atomic mass is 9.49. The van der Waals surface area contributed by atoms with Crippen molar-refractivity contribution in [1.29, 1.82) is 0 Å². The van der Waals surface area contributed by atoms with Crippen LogP contribution in [0.4, 0.5) is 0 Å². The predicted octanol–water partition coefficient (Wildman–Crippen LogP) is 4.78. The van der Waals surface area contributed by atoms with Crippen LogP contribution in [0.5, 0.6) is 0 Å². The number of allylic oxidation sites excluding steroid dienone is 4. The Bertz CT molecular complexity index is 777. The van der Waals surface area contributed by atoms with Crippen LogP contribution in [0.25, 0.3) is 0 Å². The Kier molecular flexibility index (Phi) is 5.12. The van der Waals surface area contributed by atoms with E-state index in [1.807, 2.05) is 0 Å². The molecular weight excluding hydrogens is 372 g/mol. The van der Waals surface area contributed by atoms with Crippen molar-refractivity contribution in [3.05, 3.63) is 35.5 Å². The minimum atomic E-state index is -0.450. The third-order valence-electron chi connectivity index (χ3n) is 10.1. The van der Waals surface area contributed by atoms with Crippen LogP contribution >= 0.6 is 0 Å². The molecule has 0 radical (unpaired) electrons. The highest BCUT2D eigenvalue weighted by Crippen LogP contribution is 2.66. The van der Waals surface area contributed by atoms with E-state index in [-0.39, 0.29) is 11.5 Å². The van der Waals surface area contributed by atoms with Gasteiger partial charge in [0.05, 0.1) is 18.3 Å². The monoisotopic (exact) mass is 412 g/mol. The molecule has 30 heavy (non-hydrogen) atoms. The number of hydrogen-bond donors (Lipinski definition) is 3. The van der Waals surface area contributed by atoms with Crippen molar-refractivity contribution in [3.63, 3.8) is 0 Å². The van der Waals surface area contributed by atoms with Gasteiger partial charge in [-0.3, -0.25) is 0 Å². The molecule has 0 spiro atoms. The fraction of sp³-hybridized carbons (Fsp3) is 0.778. The van der Waals surface area contributed by atoms with Gasteiger partial charge in [-0.1, -0.05) is 56.2 Å². The first-order valence-corrected chi connectivity index (χ1v) is 12.4. The van der Waals surface area contributed by atoms with Crippen LogP contribution in [-0.4, -0.2) is 33.6 Å². The molecular formula is C27H40O3. The van der Waals surface area contributed by atoms with Gasteiger partial charge in [0, 0.05) is 11.8 Å². The van der Waals surface area contributed by atoms with Crippen LogP contribution in [0, 0.1) is 40.4 Å². The normalized spacial score (nSPS) is 47.7. The zero-order valence-corrected chi connectivity index (χ0v) is 18.9. The summed E-state index contributed by atoms with van der Waals surface area (Å²) in [5.41, 5.74) is 2.92. The number of aliphatic hydroxyl groups is 3. The molecule has 0 saturated heterocycles. The molecule has 3 N–H and O–H groups in total. The summed E-state index contributed by atoms with van der Waals surface area (Å²) in [5, 5.41) is 31.5. The van der Waals surface area contributed by atoms with Gasteiger partial charge >= 0.3 is 0 Å². The summed E-state index contributed by atoms with van der Waals surface area (Å²) in [6.45, 7) is 7.12. The zero-order chi connectivity index (χ0) is 21.3. The lowest BCUT2D eigenvalue weighted by Crippen LogP contribution is -2.52. The standard InChI is InChI=1S/C27H40O3/c1-16(4-11-24(29)17-5-6-17)21-9-10-22-20-8-7-18-14-19(28)15-25(30)27(18,3)23(20)12-13-26(21,22)2/h4,7-8,11,16-17,19,21-25,28-30H,5-6,9-10,12-15H2,1-3H3/b11-4+/t16?,19-,21?,22?,23?,24?,25+,26?,27?/m1/s1. The summed E-state index contributed by atoms with van der Waals surface area (Å²) >= 11 is 0. The SMILES string of the molecule is CC(/C=C/C(O)C1CC1)C1CCC2C3=CC=C4C[C@@H](O)C[C@H](O)C4(C)C3CCC21C. The lowest BCUT2D eigenvalue weighted by molar-refractivity contribution is -0.0537. The van der Waals surface area contributed by atoms with Gasteiger partial charge < -0.3 is 15.3 Å². The molecule has 166 valence electrons. The van der Waals surface area contributed by atoms with Crippen LogP contribution < -0.4 is 0 Å². The number of rotatable bonds is 4. The Labute approximate surface area is 182 Å². The van der Waals surface area contributed by atoms with E-state index < -0.39 is 12.2 Å². The number of hydrogen-bond acceptors (Lipinski definition) is 3. The Morgan fingerprint density at radius 3 is 2.50 bits per heavy atom. The van der Waals surface area contributed by atoms with Crippen molar-refractivity contribution < 1.29 is 15.3 Å². The molecule has 3 heteroatoms. The molecule has 0 amide bonds. The van der Waals surface area contributed by atoms with E-state index >= 15 is 0 Å². The molecule has 3 nitrogen and oxygen atoms in total. The topological polar surface area (TPSA) is 60.7 Å². The molecule has 0 aliphatic heterocycles. The first kappa shape index (κ1) is 21.0. The molecule has 5 aliphatic carbocycles. The van der Waals surface area contributed by atoms with E-state index in [4.69, 9.17) is 0 Å². The first-order chi connectivity index (χ1) is 14.2. The van der Waals surface area contributed by atoms with Gasteiger partial charge in [0.2, 0.25) is 0 Å². The zero-order valence-electron chi connectivity index (χ0n) is 18.9. The maximum atomic E-state index is 11.0. The van der Waals surface area contributed by atoms with Crippen molar-refractivity contribution in [1.82, 2.24) is 0 Å². The summed E-state index contributed by atoms with van der Waals surface area (Å²) in [5.74, 6) is 2.67. The number of aliphatic hydroxyl groups excluding tert-OH is 3. The highest BCUT2D eigenvalue weighted by Gasteiger charge is 2.58. The van der Waals surface area contributed by atoms with Gasteiger partial charge in [-0.25, -0.2) is 0 Å². The molecule has 0 bridgehead atoms. The number of fused-ring (bicyclic) bond motifs is 5. The van der Waals surface area contributed by atoms with Gasteiger partial charge in [0.25, 0.3) is 0 Å². The summed E-state index contributed by atoms with van der Waals surface area (Å²) in [7, 11) is 0. The van der Waals surface area contributed by atoms with Crippen LogP contribution in [0.3, 0.4) is 0 Å². The predicted molar refractivity (Wildman–Crippen MR) is 120 cm³/mol. The molecule has 4 saturated carbocycles. The first-order valence-electron chi connectivity index (χ1n) is 12.4. The fourth-order valence-electron chi connectivity index (χ4n) is 7.97. The van der Waals surface area contributed by atoms with Crippen molar-refractivity contribution in [2.24, 2.45) is 40.4 Å². The quantitative estimate of drug-likeness (QED) is 0.582. The minimum Gasteiger partial charge on any atom is -0.393 e. The fourth-order valence-corrected chi connectivity index (χ4v) is 7.97. The Hall–Kier alpha value is -0.900. The van der Waals surface area contributed by atoms with Gasteiger partial charge in [-0.05, 0) is 80.0 Å². The molecule has 0 heterocycles. The van der Waals surface area contributed by atoms with Crippen molar-refractivity contribution in [2.75, 3.05) is 0 Å². The molecule has 4 fully saturated rings. The Morgan fingerprint density at radius 1 is 1.00 bits per heavy atom. The summed E-state index contributed by atoms with van der Waals surface area (Å²) in [4.78, 5) is 0. The van der Waals surface area contributed by atoms with Crippen LogP contribution in [0.1, 0.15) is 72.1 Å². The summed E-state index contributed by atoms with van der Waals surface area (Å²) < 4.78 is 0. The molecule has 9 atom stereocenters. The molecule has 5 aliphatic rings. The molecule has 7 unspecified atom stereocenters. The highest BCUT2D eigenvalue weighted by molar-refractivity contribution is 5.40. The second-order valence-electron chi connectivity index (χ2n) is 11.7. The average Bonchev–Trinajstić information content (AvgIpc) is 3.49. The van der Waals surface area contributed by atoms with E-state index in [0.717, 1.165) is 6.42 Å². The van der Waals surface area contributed by atoms with E-state index in [2.05, 4.69) is 45.1 Å². The molecule has 5 rings (SSSR count). The van der Waals surface area contributed by atoms with Crippen molar-refractivity contribution in [2.45, 2.75) is 90.4 Å². The molecule has 0 aromatic carbocycles. The van der Waals surface area contributed by atoms with Crippen LogP contribution in [0.2, 0.25) is 0 Å². The third kappa shape index (κ3) is 3.11. The van der Waals surface area contributed by atoms with Gasteiger partial charge in [0.1, 0.15) is 0 Å². The average molecular weight is 413 g/mol. The van der Waals surface area contributed by atoms with Gasteiger partial charge in [0.15, 0.2) is 0 Å². The lowest BCUT2D eigenvalue weighted by Gasteiger charge is -2.56. The maximum Gasteiger partial charge on any atom is 0.0749 e. The van der Waals surface area contributed by atoms with Crippen LogP contribution in [0.15, 0.2) is 35.5 Å². The minimum absolute atomic E-state index is 0.206. The molecule has 0 aromatic rings. The molecule has 0 aromatic heterocycles. The second-order valence-corrected chi connectivity index (χ2v) is 11.7. The smallest absolute Gasteiger partial charge is 0.0749 e. The van der Waals surface area contributed by atoms with Crippen molar-refractivity contribution in [3.8, 4) is 0 Å². The third-order valence-corrected chi connectivity index (χ3v) is 10.1.